The molecule has 0 amide bonds. The van der Waals surface area contributed by atoms with Crippen LogP contribution in [-0.2, 0) is 0 Å². The SMILES string of the molecule is c1ccc(-c2ccc(N(c3ccc(-c4cccc5c4oc4cc6ccccc6cc45)cc3)c3cc(-c4ccccc4)c4ccccc4c3)cc2)cc1. The summed E-state index contributed by atoms with van der Waals surface area (Å²) in [5.41, 5.74) is 12.1. The molecule has 244 valence electrons. The molecule has 2 heteroatoms. The maximum Gasteiger partial charge on any atom is 0.143 e. The summed E-state index contributed by atoms with van der Waals surface area (Å²) in [5, 5.41) is 7.11. The van der Waals surface area contributed by atoms with E-state index in [9.17, 15) is 0 Å². The summed E-state index contributed by atoms with van der Waals surface area (Å²) in [6.07, 6.45) is 0. The van der Waals surface area contributed by atoms with Crippen LogP contribution in [0.5, 0.6) is 0 Å². The molecule has 0 aliphatic carbocycles. The van der Waals surface area contributed by atoms with Crippen LogP contribution >= 0.6 is 0 Å². The molecular formula is C50H33NO. The van der Waals surface area contributed by atoms with E-state index in [0.29, 0.717) is 0 Å². The molecule has 10 rings (SSSR count). The van der Waals surface area contributed by atoms with Gasteiger partial charge in [-0.05, 0) is 97.9 Å². The van der Waals surface area contributed by atoms with Crippen LogP contribution < -0.4 is 4.90 Å². The Kier molecular flexibility index (Phi) is 7.18. The van der Waals surface area contributed by atoms with E-state index in [1.165, 1.54) is 43.8 Å². The van der Waals surface area contributed by atoms with Gasteiger partial charge in [-0.15, -0.1) is 0 Å². The molecule has 1 aromatic heterocycles. The van der Waals surface area contributed by atoms with Gasteiger partial charge >= 0.3 is 0 Å². The molecule has 0 fully saturated rings. The minimum atomic E-state index is 0.911. The largest absolute Gasteiger partial charge is 0.455 e. The average molecular weight is 664 g/mol. The van der Waals surface area contributed by atoms with Crippen molar-refractivity contribution < 1.29 is 4.42 Å². The van der Waals surface area contributed by atoms with Crippen LogP contribution in [0.4, 0.5) is 17.1 Å². The highest BCUT2D eigenvalue weighted by molar-refractivity contribution is 6.13. The highest BCUT2D eigenvalue weighted by Crippen LogP contribution is 2.42. The normalized spacial score (nSPS) is 11.5. The molecule has 0 radical (unpaired) electrons. The zero-order chi connectivity index (χ0) is 34.4. The molecule has 0 bridgehead atoms. The maximum atomic E-state index is 6.60. The van der Waals surface area contributed by atoms with Crippen LogP contribution in [0.3, 0.4) is 0 Å². The third-order valence-electron chi connectivity index (χ3n) is 10.2. The highest BCUT2D eigenvalue weighted by Gasteiger charge is 2.18. The molecule has 0 atom stereocenters. The van der Waals surface area contributed by atoms with Gasteiger partial charge in [0.1, 0.15) is 11.2 Å². The summed E-state index contributed by atoms with van der Waals surface area (Å²) in [6.45, 7) is 0. The number of furan rings is 1. The van der Waals surface area contributed by atoms with E-state index in [4.69, 9.17) is 4.42 Å². The minimum absolute atomic E-state index is 0.911. The summed E-state index contributed by atoms with van der Waals surface area (Å²) >= 11 is 0. The number of hydrogen-bond donors (Lipinski definition) is 0. The Labute approximate surface area is 302 Å². The summed E-state index contributed by atoms with van der Waals surface area (Å²) in [5.74, 6) is 0. The lowest BCUT2D eigenvalue weighted by Gasteiger charge is -2.27. The third kappa shape index (κ3) is 5.21. The van der Waals surface area contributed by atoms with E-state index in [-0.39, 0.29) is 0 Å². The lowest BCUT2D eigenvalue weighted by Crippen LogP contribution is -2.10. The van der Waals surface area contributed by atoms with Crippen molar-refractivity contribution in [1.29, 1.82) is 0 Å². The van der Waals surface area contributed by atoms with E-state index >= 15 is 0 Å². The zero-order valence-electron chi connectivity index (χ0n) is 28.4. The summed E-state index contributed by atoms with van der Waals surface area (Å²) in [6, 6.07) is 71.7. The Morgan fingerprint density at radius 1 is 0.308 bits per heavy atom. The quantitative estimate of drug-likeness (QED) is 0.176. The summed E-state index contributed by atoms with van der Waals surface area (Å²) in [7, 11) is 0. The fourth-order valence-corrected chi connectivity index (χ4v) is 7.66. The van der Waals surface area contributed by atoms with Crippen molar-refractivity contribution >= 4 is 60.5 Å². The van der Waals surface area contributed by atoms with Crippen molar-refractivity contribution in [2.75, 3.05) is 4.90 Å². The van der Waals surface area contributed by atoms with Gasteiger partial charge in [-0.3, -0.25) is 0 Å². The summed E-state index contributed by atoms with van der Waals surface area (Å²) < 4.78 is 6.60. The zero-order valence-corrected chi connectivity index (χ0v) is 28.4. The van der Waals surface area contributed by atoms with Gasteiger partial charge in [0.15, 0.2) is 0 Å². The first-order valence-corrected chi connectivity index (χ1v) is 17.8. The molecule has 52 heavy (non-hydrogen) atoms. The number of rotatable bonds is 6. The van der Waals surface area contributed by atoms with Crippen molar-refractivity contribution in [3.8, 4) is 33.4 Å². The number of anilines is 3. The Balaban J connectivity index is 1.12. The van der Waals surface area contributed by atoms with Crippen LogP contribution in [-0.4, -0.2) is 0 Å². The second-order valence-electron chi connectivity index (χ2n) is 13.4. The van der Waals surface area contributed by atoms with Crippen LogP contribution in [0.25, 0.3) is 76.9 Å². The molecule has 9 aromatic carbocycles. The van der Waals surface area contributed by atoms with Gasteiger partial charge < -0.3 is 9.32 Å². The van der Waals surface area contributed by atoms with Crippen molar-refractivity contribution in [3.63, 3.8) is 0 Å². The smallest absolute Gasteiger partial charge is 0.143 e. The topological polar surface area (TPSA) is 16.4 Å². The molecule has 0 unspecified atom stereocenters. The Hall–Kier alpha value is -6.90. The predicted octanol–water partition coefficient (Wildman–Crippen LogP) is 14.4. The number of benzene rings is 9. The van der Waals surface area contributed by atoms with Crippen molar-refractivity contribution in [1.82, 2.24) is 0 Å². The van der Waals surface area contributed by atoms with Gasteiger partial charge in [-0.1, -0.05) is 152 Å². The molecule has 0 aliphatic rings. The van der Waals surface area contributed by atoms with Gasteiger partial charge in [0.2, 0.25) is 0 Å². The Morgan fingerprint density at radius 2 is 0.846 bits per heavy atom. The van der Waals surface area contributed by atoms with E-state index in [1.807, 2.05) is 0 Å². The van der Waals surface area contributed by atoms with E-state index in [2.05, 4.69) is 205 Å². The fourth-order valence-electron chi connectivity index (χ4n) is 7.66. The third-order valence-corrected chi connectivity index (χ3v) is 10.2. The van der Waals surface area contributed by atoms with E-state index < -0.39 is 0 Å². The van der Waals surface area contributed by atoms with Gasteiger partial charge in [0, 0.05) is 33.4 Å². The molecule has 10 aromatic rings. The standard InChI is InChI=1S/C50H33NO/c1-3-12-34(13-4-1)35-22-26-41(27-23-35)51(43-30-40-18-9-10-19-44(40)47(33-43)36-14-5-2-6-15-36)42-28-24-37(25-29-42)45-20-11-21-46-48-31-38-16-7-8-17-39(38)32-49(48)52-50(45)46/h1-33H. The van der Waals surface area contributed by atoms with Crippen molar-refractivity contribution in [3.05, 3.63) is 200 Å². The lowest BCUT2D eigenvalue weighted by atomic mass is 9.96. The lowest BCUT2D eigenvalue weighted by molar-refractivity contribution is 0.670. The van der Waals surface area contributed by atoms with Gasteiger partial charge in [0.25, 0.3) is 0 Å². The van der Waals surface area contributed by atoms with E-state index in [1.54, 1.807) is 0 Å². The number of fused-ring (bicyclic) bond motifs is 5. The van der Waals surface area contributed by atoms with Crippen LogP contribution in [0, 0.1) is 0 Å². The molecule has 2 nitrogen and oxygen atoms in total. The van der Waals surface area contributed by atoms with E-state index in [0.717, 1.165) is 50.1 Å². The molecule has 0 N–H and O–H groups in total. The van der Waals surface area contributed by atoms with Gasteiger partial charge in [0.05, 0.1) is 0 Å². The number of para-hydroxylation sites is 1. The Morgan fingerprint density at radius 3 is 1.56 bits per heavy atom. The number of hydrogen-bond acceptors (Lipinski definition) is 2. The van der Waals surface area contributed by atoms with Crippen molar-refractivity contribution in [2.24, 2.45) is 0 Å². The molecule has 1 heterocycles. The minimum Gasteiger partial charge on any atom is -0.455 e. The average Bonchev–Trinajstić information content (AvgIpc) is 3.58. The first-order chi connectivity index (χ1) is 25.8. The monoisotopic (exact) mass is 663 g/mol. The first-order valence-electron chi connectivity index (χ1n) is 17.8. The van der Waals surface area contributed by atoms with Crippen LogP contribution in [0.1, 0.15) is 0 Å². The maximum absolute atomic E-state index is 6.60. The second-order valence-corrected chi connectivity index (χ2v) is 13.4. The molecule has 0 spiro atoms. The Bertz CT molecular complexity index is 2870. The molecule has 0 saturated heterocycles. The summed E-state index contributed by atoms with van der Waals surface area (Å²) in [4.78, 5) is 2.37. The molecule has 0 saturated carbocycles. The number of nitrogens with zero attached hydrogens (tertiary/aromatic N) is 1. The first kappa shape index (κ1) is 30.0. The predicted molar refractivity (Wildman–Crippen MR) is 220 cm³/mol. The van der Waals surface area contributed by atoms with Gasteiger partial charge in [-0.25, -0.2) is 0 Å². The van der Waals surface area contributed by atoms with Gasteiger partial charge in [-0.2, -0.15) is 0 Å². The molecular weight excluding hydrogens is 631 g/mol. The highest BCUT2D eigenvalue weighted by atomic mass is 16.3. The second kappa shape index (κ2) is 12.5. The van der Waals surface area contributed by atoms with Crippen LogP contribution in [0.2, 0.25) is 0 Å². The molecule has 0 aliphatic heterocycles. The fraction of sp³-hybridized carbons (Fsp3) is 0. The van der Waals surface area contributed by atoms with Crippen LogP contribution in [0.15, 0.2) is 205 Å². The van der Waals surface area contributed by atoms with Crippen molar-refractivity contribution in [2.45, 2.75) is 0 Å².